The van der Waals surface area contributed by atoms with Crippen molar-refractivity contribution in [3.05, 3.63) is 29.3 Å². The second-order valence-corrected chi connectivity index (χ2v) is 7.09. The Morgan fingerprint density at radius 1 is 1.40 bits per heavy atom. The molecular weight excluding hydrogens is 312 g/mol. The van der Waals surface area contributed by atoms with E-state index in [1.54, 1.807) is 11.8 Å². The van der Waals surface area contributed by atoms with Gasteiger partial charge in [-0.15, -0.1) is 0 Å². The molecule has 1 aliphatic rings. The summed E-state index contributed by atoms with van der Waals surface area (Å²) in [7, 11) is -4.29. The second kappa shape index (κ2) is 5.66. The Morgan fingerprint density at radius 3 is 2.65 bits per heavy atom. The van der Waals surface area contributed by atoms with Crippen LogP contribution >= 0.6 is 11.8 Å². The Kier molecular flexibility index (Phi) is 4.31. The van der Waals surface area contributed by atoms with Crippen LogP contribution in [0.3, 0.4) is 0 Å². The lowest BCUT2D eigenvalue weighted by atomic mass is 10.2. The van der Waals surface area contributed by atoms with E-state index < -0.39 is 38.1 Å². The van der Waals surface area contributed by atoms with Crippen LogP contribution in [-0.4, -0.2) is 37.0 Å². The van der Waals surface area contributed by atoms with Crippen LogP contribution in [0.15, 0.2) is 17.0 Å². The number of sulfonamides is 1. The number of hydrogen-bond donors (Lipinski definition) is 2. The van der Waals surface area contributed by atoms with Gasteiger partial charge >= 0.3 is 5.97 Å². The lowest BCUT2D eigenvalue weighted by Crippen LogP contribution is -2.35. The van der Waals surface area contributed by atoms with E-state index >= 15 is 0 Å². The molecule has 2 N–H and O–H groups in total. The molecule has 1 saturated heterocycles. The highest BCUT2D eigenvalue weighted by Gasteiger charge is 2.28. The van der Waals surface area contributed by atoms with Gasteiger partial charge in [-0.05, 0) is 24.3 Å². The lowest BCUT2D eigenvalue weighted by molar-refractivity contribution is 0.0696. The molecule has 0 amide bonds. The summed E-state index contributed by atoms with van der Waals surface area (Å²) in [5.41, 5.74) is -0.620. The Labute approximate surface area is 118 Å². The van der Waals surface area contributed by atoms with Gasteiger partial charge in [-0.25, -0.2) is 26.7 Å². The summed E-state index contributed by atoms with van der Waals surface area (Å²) in [6.07, 6.45) is 0.590. The van der Waals surface area contributed by atoms with Crippen LogP contribution < -0.4 is 4.72 Å². The third-order valence-electron chi connectivity index (χ3n) is 2.78. The molecule has 1 aliphatic heterocycles. The van der Waals surface area contributed by atoms with E-state index in [0.717, 1.165) is 5.75 Å². The number of carboxylic acids is 1. The first-order valence-electron chi connectivity index (χ1n) is 5.63. The van der Waals surface area contributed by atoms with Gasteiger partial charge < -0.3 is 5.11 Å². The average molecular weight is 323 g/mol. The van der Waals surface area contributed by atoms with Crippen molar-refractivity contribution >= 4 is 27.8 Å². The van der Waals surface area contributed by atoms with Crippen LogP contribution in [0.5, 0.6) is 0 Å². The van der Waals surface area contributed by atoms with E-state index in [1.165, 1.54) is 0 Å². The van der Waals surface area contributed by atoms with E-state index in [9.17, 15) is 22.0 Å². The fourth-order valence-electron chi connectivity index (χ4n) is 1.79. The summed E-state index contributed by atoms with van der Waals surface area (Å²) in [4.78, 5) is 9.80. The molecule has 1 heterocycles. The van der Waals surface area contributed by atoms with Gasteiger partial charge in [0, 0.05) is 11.8 Å². The van der Waals surface area contributed by atoms with E-state index in [2.05, 4.69) is 4.72 Å². The molecule has 0 spiro atoms. The van der Waals surface area contributed by atoms with Crippen molar-refractivity contribution in [2.45, 2.75) is 17.4 Å². The predicted molar refractivity (Wildman–Crippen MR) is 69.4 cm³/mol. The number of thioether (sulfide) groups is 1. The molecule has 1 unspecified atom stereocenters. The number of carbonyl (C=O) groups is 1. The highest BCUT2D eigenvalue weighted by atomic mass is 32.2. The number of nitrogens with one attached hydrogen (secondary N) is 1. The first kappa shape index (κ1) is 15.2. The van der Waals surface area contributed by atoms with Gasteiger partial charge in [-0.1, -0.05) is 0 Å². The summed E-state index contributed by atoms with van der Waals surface area (Å²) in [6, 6.07) is 0.703. The van der Waals surface area contributed by atoms with Gasteiger partial charge in [0.15, 0.2) is 11.6 Å². The number of benzene rings is 1. The number of rotatable bonds is 4. The topological polar surface area (TPSA) is 83.5 Å². The van der Waals surface area contributed by atoms with Gasteiger partial charge in [0.2, 0.25) is 10.0 Å². The Balaban J connectivity index is 2.41. The van der Waals surface area contributed by atoms with E-state index in [4.69, 9.17) is 5.11 Å². The van der Waals surface area contributed by atoms with Crippen molar-refractivity contribution in [2.75, 3.05) is 11.5 Å². The molecule has 1 aromatic carbocycles. The van der Waals surface area contributed by atoms with E-state index in [1.807, 2.05) is 0 Å². The highest BCUT2D eigenvalue weighted by molar-refractivity contribution is 7.99. The molecule has 1 fully saturated rings. The highest BCUT2D eigenvalue weighted by Crippen LogP contribution is 2.23. The largest absolute Gasteiger partial charge is 0.478 e. The minimum absolute atomic E-state index is 0.360. The van der Waals surface area contributed by atoms with E-state index in [0.29, 0.717) is 24.3 Å². The SMILES string of the molecule is O=C(O)c1cc(F)c(F)c(S(=O)(=O)NC2CCSC2)c1. The first-order valence-corrected chi connectivity index (χ1v) is 8.27. The molecule has 0 radical (unpaired) electrons. The molecule has 20 heavy (non-hydrogen) atoms. The first-order chi connectivity index (χ1) is 9.31. The molecule has 5 nitrogen and oxygen atoms in total. The summed E-state index contributed by atoms with van der Waals surface area (Å²) in [5, 5.41) is 8.77. The minimum Gasteiger partial charge on any atom is -0.478 e. The van der Waals surface area contributed by atoms with Crippen molar-refractivity contribution < 1.29 is 27.1 Å². The van der Waals surface area contributed by atoms with Crippen molar-refractivity contribution in [2.24, 2.45) is 0 Å². The summed E-state index contributed by atoms with van der Waals surface area (Å²) in [5.74, 6) is -3.29. The van der Waals surface area contributed by atoms with Gasteiger partial charge in [-0.3, -0.25) is 0 Å². The maximum atomic E-state index is 13.6. The maximum absolute atomic E-state index is 13.6. The number of halogens is 2. The monoisotopic (exact) mass is 323 g/mol. The zero-order chi connectivity index (χ0) is 14.9. The quantitative estimate of drug-likeness (QED) is 0.876. The normalized spacial score (nSPS) is 19.2. The molecule has 0 aromatic heterocycles. The smallest absolute Gasteiger partial charge is 0.335 e. The van der Waals surface area contributed by atoms with Crippen molar-refractivity contribution in [1.82, 2.24) is 4.72 Å². The average Bonchev–Trinajstić information content (AvgIpc) is 2.83. The van der Waals surface area contributed by atoms with Gasteiger partial charge in [0.05, 0.1) is 5.56 Å². The Hall–Kier alpha value is -1.19. The van der Waals surface area contributed by atoms with Crippen LogP contribution in [0.1, 0.15) is 16.8 Å². The second-order valence-electron chi connectivity index (χ2n) is 4.26. The third kappa shape index (κ3) is 3.10. The molecular formula is C11H11F2NO4S2. The van der Waals surface area contributed by atoms with Crippen LogP contribution in [0.4, 0.5) is 8.78 Å². The van der Waals surface area contributed by atoms with Crippen LogP contribution in [0.25, 0.3) is 0 Å². The fraction of sp³-hybridized carbons (Fsp3) is 0.364. The lowest BCUT2D eigenvalue weighted by Gasteiger charge is -2.13. The van der Waals surface area contributed by atoms with E-state index in [-0.39, 0.29) is 6.04 Å². The zero-order valence-corrected chi connectivity index (χ0v) is 11.7. The van der Waals surface area contributed by atoms with Gasteiger partial charge in [0.1, 0.15) is 4.90 Å². The Bertz CT molecular complexity index is 642. The van der Waals surface area contributed by atoms with Gasteiger partial charge in [-0.2, -0.15) is 11.8 Å². The molecule has 1 atom stereocenters. The number of hydrogen-bond acceptors (Lipinski definition) is 4. The summed E-state index contributed by atoms with van der Waals surface area (Å²) in [6.45, 7) is 0. The molecule has 2 rings (SSSR count). The molecule has 9 heteroatoms. The number of carboxylic acid groups (broad SMARTS) is 1. The third-order valence-corrected chi connectivity index (χ3v) is 5.46. The standard InChI is InChI=1S/C11H11F2NO4S2/c12-8-3-6(11(15)16)4-9(10(8)13)20(17,18)14-7-1-2-19-5-7/h3-4,7,14H,1-2,5H2,(H,15,16). The van der Waals surface area contributed by atoms with Crippen molar-refractivity contribution in [1.29, 1.82) is 0 Å². The zero-order valence-electron chi connectivity index (χ0n) is 10.1. The van der Waals surface area contributed by atoms with Crippen LogP contribution in [0.2, 0.25) is 0 Å². The minimum atomic E-state index is -4.29. The maximum Gasteiger partial charge on any atom is 0.335 e. The summed E-state index contributed by atoms with van der Waals surface area (Å²) >= 11 is 1.54. The predicted octanol–water partition coefficient (Wildman–Crippen LogP) is 1.45. The molecule has 0 saturated carbocycles. The number of aromatic carboxylic acids is 1. The Morgan fingerprint density at radius 2 is 2.10 bits per heavy atom. The van der Waals surface area contributed by atoms with Gasteiger partial charge in [0.25, 0.3) is 0 Å². The van der Waals surface area contributed by atoms with Crippen LogP contribution in [-0.2, 0) is 10.0 Å². The molecule has 0 bridgehead atoms. The van der Waals surface area contributed by atoms with Crippen molar-refractivity contribution in [3.63, 3.8) is 0 Å². The summed E-state index contributed by atoms with van der Waals surface area (Å²) < 4.78 is 53.2. The molecule has 0 aliphatic carbocycles. The molecule has 1 aromatic rings. The van der Waals surface area contributed by atoms with Crippen molar-refractivity contribution in [3.8, 4) is 0 Å². The fourth-order valence-corrected chi connectivity index (χ4v) is 4.43. The van der Waals surface area contributed by atoms with Crippen LogP contribution in [0, 0.1) is 11.6 Å². The molecule has 110 valence electrons.